The van der Waals surface area contributed by atoms with Crippen LogP contribution < -0.4 is 4.72 Å². The fraction of sp³-hybridized carbons (Fsp3) is 0.174. The van der Waals surface area contributed by atoms with Crippen LogP contribution in [-0.2, 0) is 16.6 Å². The zero-order valence-corrected chi connectivity index (χ0v) is 19.5. The maximum absolute atomic E-state index is 13.3. The first kappa shape index (κ1) is 23.1. The molecular weight excluding hydrogens is 460 g/mol. The molecule has 1 amide bonds. The smallest absolute Gasteiger partial charge is 0.407 e. The van der Waals surface area contributed by atoms with Gasteiger partial charge in [0.05, 0.1) is 16.8 Å². The second-order valence-corrected chi connectivity index (χ2v) is 9.32. The number of amides is 1. The summed E-state index contributed by atoms with van der Waals surface area (Å²) >= 11 is 0. The molecule has 4 aromatic rings. The molecule has 0 saturated heterocycles. The van der Waals surface area contributed by atoms with Crippen molar-refractivity contribution in [2.75, 3.05) is 11.8 Å². The first-order valence-corrected chi connectivity index (χ1v) is 11.7. The molecule has 4 rings (SSSR count). The molecule has 0 radical (unpaired) electrons. The van der Waals surface area contributed by atoms with E-state index in [9.17, 15) is 18.3 Å². The van der Waals surface area contributed by atoms with E-state index in [4.69, 9.17) is 8.94 Å². The highest BCUT2D eigenvalue weighted by molar-refractivity contribution is 7.92. The van der Waals surface area contributed by atoms with Crippen molar-refractivity contribution in [1.82, 2.24) is 15.0 Å². The van der Waals surface area contributed by atoms with Crippen LogP contribution in [0.25, 0.3) is 22.6 Å². The predicted octanol–water partition coefficient (Wildman–Crippen LogP) is 4.52. The third kappa shape index (κ3) is 4.50. The molecule has 0 atom stereocenters. The van der Waals surface area contributed by atoms with Gasteiger partial charge in [-0.2, -0.15) is 0 Å². The van der Waals surface area contributed by atoms with Gasteiger partial charge >= 0.3 is 6.09 Å². The van der Waals surface area contributed by atoms with Gasteiger partial charge in [0, 0.05) is 30.3 Å². The average Bonchev–Trinajstić information content (AvgIpc) is 3.45. The van der Waals surface area contributed by atoms with E-state index in [1.807, 2.05) is 0 Å². The van der Waals surface area contributed by atoms with Crippen LogP contribution >= 0.6 is 0 Å². The summed E-state index contributed by atoms with van der Waals surface area (Å²) in [5, 5.41) is 13.2. The quantitative estimate of drug-likeness (QED) is 0.392. The molecule has 0 bridgehead atoms. The molecule has 0 aliphatic heterocycles. The molecule has 0 unspecified atom stereocenters. The minimum Gasteiger partial charge on any atom is -0.465 e. The molecule has 0 saturated carbocycles. The van der Waals surface area contributed by atoms with Gasteiger partial charge in [-0.15, -0.1) is 0 Å². The van der Waals surface area contributed by atoms with Crippen LogP contribution in [-0.4, -0.2) is 41.7 Å². The van der Waals surface area contributed by atoms with Gasteiger partial charge in [0.15, 0.2) is 0 Å². The van der Waals surface area contributed by atoms with Crippen molar-refractivity contribution < 1.29 is 27.3 Å². The number of carbonyl (C=O) groups is 1. The summed E-state index contributed by atoms with van der Waals surface area (Å²) in [6.45, 7) is 3.43. The highest BCUT2D eigenvalue weighted by atomic mass is 32.2. The highest BCUT2D eigenvalue weighted by Crippen LogP contribution is 2.34. The van der Waals surface area contributed by atoms with Crippen LogP contribution in [0.2, 0.25) is 0 Å². The van der Waals surface area contributed by atoms with Crippen LogP contribution in [0.1, 0.15) is 16.8 Å². The number of carboxylic acid groups (broad SMARTS) is 1. The van der Waals surface area contributed by atoms with E-state index >= 15 is 0 Å². The topological polar surface area (TPSA) is 139 Å². The first-order valence-electron chi connectivity index (χ1n) is 10.2. The van der Waals surface area contributed by atoms with E-state index in [0.717, 1.165) is 4.90 Å². The van der Waals surface area contributed by atoms with E-state index in [0.29, 0.717) is 39.4 Å². The van der Waals surface area contributed by atoms with Crippen LogP contribution in [0.3, 0.4) is 0 Å². The Kier molecular flexibility index (Phi) is 6.12. The predicted molar refractivity (Wildman–Crippen MR) is 124 cm³/mol. The van der Waals surface area contributed by atoms with Crippen molar-refractivity contribution in [2.24, 2.45) is 0 Å². The van der Waals surface area contributed by atoms with E-state index in [1.165, 1.54) is 25.6 Å². The first-order chi connectivity index (χ1) is 16.2. The monoisotopic (exact) mass is 482 g/mol. The number of aromatic nitrogens is 2. The number of rotatable bonds is 7. The van der Waals surface area contributed by atoms with E-state index in [2.05, 4.69) is 14.9 Å². The number of nitrogens with zero attached hydrogens (tertiary/aromatic N) is 3. The lowest BCUT2D eigenvalue weighted by molar-refractivity contribution is 0.154. The van der Waals surface area contributed by atoms with Crippen molar-refractivity contribution in [1.29, 1.82) is 0 Å². The molecular formula is C23H22N4O6S. The maximum Gasteiger partial charge on any atom is 0.407 e. The number of sulfonamides is 1. The molecule has 0 aliphatic rings. The normalized spacial score (nSPS) is 11.4. The Morgan fingerprint density at radius 1 is 1.15 bits per heavy atom. The van der Waals surface area contributed by atoms with Crippen molar-refractivity contribution in [2.45, 2.75) is 25.3 Å². The number of hydrogen-bond acceptors (Lipinski definition) is 7. The standard InChI is InChI=1S/C23H22N4O6S/c1-14-15(2)25-33-21(14)26-34(30,31)20-7-5-4-6-19(20)18-9-8-16(22-24-10-11-32-22)12-17(18)13-27(3)23(28)29/h4-12,26H,13H2,1-3H3,(H,28,29). The lowest BCUT2D eigenvalue weighted by atomic mass is 9.97. The maximum atomic E-state index is 13.3. The largest absolute Gasteiger partial charge is 0.465 e. The Balaban J connectivity index is 1.83. The molecule has 2 heterocycles. The lowest BCUT2D eigenvalue weighted by Gasteiger charge is -2.19. The number of nitrogens with one attached hydrogen (secondary N) is 1. The van der Waals surface area contributed by atoms with Gasteiger partial charge in [0.1, 0.15) is 6.26 Å². The molecule has 2 N–H and O–H groups in total. The van der Waals surface area contributed by atoms with E-state index < -0.39 is 16.1 Å². The van der Waals surface area contributed by atoms with Crippen LogP contribution in [0.5, 0.6) is 0 Å². The molecule has 0 spiro atoms. The molecule has 176 valence electrons. The second-order valence-electron chi connectivity index (χ2n) is 7.67. The number of anilines is 1. The van der Waals surface area contributed by atoms with Gasteiger partial charge in [0.25, 0.3) is 10.0 Å². The summed E-state index contributed by atoms with van der Waals surface area (Å²) < 4.78 is 39.6. The number of benzene rings is 2. The zero-order chi connectivity index (χ0) is 24.5. The van der Waals surface area contributed by atoms with E-state index in [1.54, 1.807) is 50.2 Å². The van der Waals surface area contributed by atoms with E-state index in [-0.39, 0.29) is 17.3 Å². The average molecular weight is 483 g/mol. The number of aryl methyl sites for hydroxylation is 1. The Morgan fingerprint density at radius 2 is 1.91 bits per heavy atom. The molecule has 34 heavy (non-hydrogen) atoms. The zero-order valence-electron chi connectivity index (χ0n) is 18.6. The van der Waals surface area contributed by atoms with Gasteiger partial charge in [-0.3, -0.25) is 0 Å². The van der Waals surface area contributed by atoms with Gasteiger partial charge in [-0.1, -0.05) is 29.4 Å². The third-order valence-corrected chi connectivity index (χ3v) is 6.76. The van der Waals surface area contributed by atoms with Crippen LogP contribution in [0.15, 0.2) is 68.8 Å². The highest BCUT2D eigenvalue weighted by Gasteiger charge is 2.24. The van der Waals surface area contributed by atoms with Gasteiger partial charge < -0.3 is 18.9 Å². The summed E-state index contributed by atoms with van der Waals surface area (Å²) in [6, 6.07) is 11.7. The Morgan fingerprint density at radius 3 is 2.56 bits per heavy atom. The van der Waals surface area contributed by atoms with Crippen molar-refractivity contribution in [3.8, 4) is 22.6 Å². The summed E-state index contributed by atoms with van der Waals surface area (Å²) in [5.74, 6) is 0.405. The Hall–Kier alpha value is -4.12. The molecule has 10 nitrogen and oxygen atoms in total. The summed E-state index contributed by atoms with van der Waals surface area (Å²) in [6.07, 6.45) is 1.83. The van der Waals surface area contributed by atoms with Gasteiger partial charge in [-0.05, 0) is 43.2 Å². The van der Waals surface area contributed by atoms with Crippen LogP contribution in [0, 0.1) is 13.8 Å². The summed E-state index contributed by atoms with van der Waals surface area (Å²) in [5.41, 5.74) is 3.32. The molecule has 2 aromatic heterocycles. The Labute approximate surface area is 195 Å². The van der Waals surface area contributed by atoms with Crippen molar-refractivity contribution >= 4 is 22.0 Å². The lowest BCUT2D eigenvalue weighted by Crippen LogP contribution is -2.24. The third-order valence-electron chi connectivity index (χ3n) is 5.37. The second kappa shape index (κ2) is 9.02. The fourth-order valence-electron chi connectivity index (χ4n) is 3.42. The molecule has 11 heteroatoms. The SMILES string of the molecule is Cc1noc(NS(=O)(=O)c2ccccc2-c2ccc(-c3ncco3)cc2CN(C)C(=O)O)c1C. The Bertz CT molecular complexity index is 1440. The summed E-state index contributed by atoms with van der Waals surface area (Å²) in [4.78, 5) is 16.8. The van der Waals surface area contributed by atoms with Gasteiger partial charge in [-0.25, -0.2) is 22.9 Å². The number of hydrogen-bond donors (Lipinski definition) is 2. The van der Waals surface area contributed by atoms with Gasteiger partial charge in [0.2, 0.25) is 11.8 Å². The fourth-order valence-corrected chi connectivity index (χ4v) is 4.69. The minimum absolute atomic E-state index is 0.00607. The summed E-state index contributed by atoms with van der Waals surface area (Å²) in [7, 11) is -2.63. The van der Waals surface area contributed by atoms with Crippen molar-refractivity contribution in [3.05, 3.63) is 71.7 Å². The molecule has 0 aliphatic carbocycles. The molecule has 2 aromatic carbocycles. The number of oxazole rings is 1. The van der Waals surface area contributed by atoms with Crippen molar-refractivity contribution in [3.63, 3.8) is 0 Å². The minimum atomic E-state index is -4.06. The van der Waals surface area contributed by atoms with Crippen LogP contribution in [0.4, 0.5) is 10.7 Å². The molecule has 0 fully saturated rings.